The number of nitrogens with one attached hydrogen (secondary N) is 1. The van der Waals surface area contributed by atoms with Crippen molar-refractivity contribution in [3.05, 3.63) is 0 Å². The molecule has 0 aromatic carbocycles. The molecule has 19 heavy (non-hydrogen) atoms. The second kappa shape index (κ2) is 5.70. The van der Waals surface area contributed by atoms with Crippen LogP contribution in [0.2, 0.25) is 0 Å². The van der Waals surface area contributed by atoms with Crippen molar-refractivity contribution in [1.82, 2.24) is 10.2 Å². The van der Waals surface area contributed by atoms with Crippen LogP contribution in [0.25, 0.3) is 0 Å². The fourth-order valence-corrected chi connectivity index (χ4v) is 2.82. The van der Waals surface area contributed by atoms with E-state index >= 15 is 0 Å². The molecule has 0 bridgehead atoms. The molecule has 1 N–H and O–H groups in total. The van der Waals surface area contributed by atoms with Crippen LogP contribution < -0.4 is 5.32 Å². The maximum Gasteiger partial charge on any atom is 0.410 e. The van der Waals surface area contributed by atoms with Gasteiger partial charge in [-0.1, -0.05) is 6.92 Å². The zero-order valence-corrected chi connectivity index (χ0v) is 12.7. The summed E-state index contributed by atoms with van der Waals surface area (Å²) in [6.07, 6.45) is 3.68. The molecule has 0 radical (unpaired) electrons. The van der Waals surface area contributed by atoms with Crippen LogP contribution in [0.3, 0.4) is 0 Å². The third-order valence-electron chi connectivity index (χ3n) is 4.05. The lowest BCUT2D eigenvalue weighted by Crippen LogP contribution is -2.55. The van der Waals surface area contributed by atoms with Gasteiger partial charge in [-0.15, -0.1) is 0 Å². The van der Waals surface area contributed by atoms with E-state index in [1.807, 2.05) is 25.7 Å². The summed E-state index contributed by atoms with van der Waals surface area (Å²) in [5.41, 5.74) is -0.408. The van der Waals surface area contributed by atoms with Gasteiger partial charge in [0.25, 0.3) is 0 Å². The van der Waals surface area contributed by atoms with Gasteiger partial charge >= 0.3 is 6.09 Å². The summed E-state index contributed by atoms with van der Waals surface area (Å²) < 4.78 is 5.52. The normalized spacial score (nSPS) is 26.1. The van der Waals surface area contributed by atoms with Crippen LogP contribution in [0.4, 0.5) is 4.79 Å². The smallest absolute Gasteiger partial charge is 0.410 e. The molecule has 2 aliphatic rings. The molecule has 110 valence electrons. The van der Waals surface area contributed by atoms with Crippen molar-refractivity contribution in [1.29, 1.82) is 0 Å². The van der Waals surface area contributed by atoms with E-state index in [4.69, 9.17) is 4.74 Å². The molecule has 1 saturated heterocycles. The molecule has 4 nitrogen and oxygen atoms in total. The van der Waals surface area contributed by atoms with Gasteiger partial charge < -0.3 is 15.0 Å². The molecule has 1 aliphatic carbocycles. The monoisotopic (exact) mass is 268 g/mol. The summed E-state index contributed by atoms with van der Waals surface area (Å²) >= 11 is 0. The number of amides is 1. The fraction of sp³-hybridized carbons (Fsp3) is 0.933. The van der Waals surface area contributed by atoms with E-state index in [0.29, 0.717) is 6.04 Å². The minimum atomic E-state index is -0.408. The Morgan fingerprint density at radius 1 is 1.42 bits per heavy atom. The average molecular weight is 268 g/mol. The Labute approximate surface area is 116 Å². The number of rotatable bonds is 3. The molecular formula is C15H28N2O2. The molecule has 2 atom stereocenters. The highest BCUT2D eigenvalue weighted by molar-refractivity contribution is 5.68. The first kappa shape index (κ1) is 14.6. The van der Waals surface area contributed by atoms with Crippen molar-refractivity contribution in [2.45, 2.75) is 58.6 Å². The van der Waals surface area contributed by atoms with Crippen molar-refractivity contribution in [2.24, 2.45) is 11.8 Å². The van der Waals surface area contributed by atoms with Gasteiger partial charge in [0.05, 0.1) is 0 Å². The van der Waals surface area contributed by atoms with Crippen LogP contribution >= 0.6 is 0 Å². The van der Waals surface area contributed by atoms with Gasteiger partial charge in [-0.05, 0) is 51.9 Å². The zero-order chi connectivity index (χ0) is 14.0. The molecule has 0 aromatic heterocycles. The molecule has 1 aliphatic heterocycles. The van der Waals surface area contributed by atoms with E-state index in [1.54, 1.807) is 0 Å². The first-order chi connectivity index (χ1) is 8.87. The highest BCUT2D eigenvalue weighted by Gasteiger charge is 2.35. The quantitative estimate of drug-likeness (QED) is 0.855. The van der Waals surface area contributed by atoms with Crippen LogP contribution in [0.5, 0.6) is 0 Å². The molecule has 2 fully saturated rings. The maximum absolute atomic E-state index is 12.3. The molecule has 0 spiro atoms. The van der Waals surface area contributed by atoms with Crippen molar-refractivity contribution in [2.75, 3.05) is 19.6 Å². The first-order valence-electron chi connectivity index (χ1n) is 7.57. The Morgan fingerprint density at radius 2 is 2.11 bits per heavy atom. The summed E-state index contributed by atoms with van der Waals surface area (Å²) in [5.74, 6) is 1.61. The number of piperazine rings is 1. The third kappa shape index (κ3) is 4.37. The molecule has 1 heterocycles. The van der Waals surface area contributed by atoms with Gasteiger partial charge in [0.15, 0.2) is 0 Å². The van der Waals surface area contributed by atoms with Crippen LogP contribution in [0.15, 0.2) is 0 Å². The largest absolute Gasteiger partial charge is 0.444 e. The number of carbonyl (C=O) groups is 1. The summed E-state index contributed by atoms with van der Waals surface area (Å²) in [6, 6.07) is 0.291. The Kier molecular flexibility index (Phi) is 4.39. The van der Waals surface area contributed by atoms with Crippen molar-refractivity contribution in [3.8, 4) is 0 Å². The number of ether oxygens (including phenoxy) is 1. The van der Waals surface area contributed by atoms with Gasteiger partial charge in [0, 0.05) is 25.7 Å². The second-order valence-corrected chi connectivity index (χ2v) is 7.08. The van der Waals surface area contributed by atoms with E-state index in [2.05, 4.69) is 12.2 Å². The molecule has 0 aromatic rings. The van der Waals surface area contributed by atoms with E-state index < -0.39 is 5.60 Å². The first-order valence-corrected chi connectivity index (χ1v) is 7.57. The predicted molar refractivity (Wildman–Crippen MR) is 76.1 cm³/mol. The molecule has 2 unspecified atom stereocenters. The number of carbonyl (C=O) groups excluding carboxylic acids is 1. The molecule has 4 heteroatoms. The van der Waals surface area contributed by atoms with Gasteiger partial charge in [-0.2, -0.15) is 0 Å². The Bertz CT molecular complexity index is 321. The Hall–Kier alpha value is -0.770. The Morgan fingerprint density at radius 3 is 2.68 bits per heavy atom. The second-order valence-electron chi connectivity index (χ2n) is 7.08. The van der Waals surface area contributed by atoms with Gasteiger partial charge in [-0.25, -0.2) is 4.79 Å². The zero-order valence-electron chi connectivity index (χ0n) is 12.7. The van der Waals surface area contributed by atoms with Crippen LogP contribution in [-0.4, -0.2) is 42.3 Å². The number of hydrogen-bond donors (Lipinski definition) is 1. The van der Waals surface area contributed by atoms with Crippen molar-refractivity contribution >= 4 is 6.09 Å². The summed E-state index contributed by atoms with van der Waals surface area (Å²) in [6.45, 7) is 10.6. The van der Waals surface area contributed by atoms with E-state index in [1.165, 1.54) is 12.8 Å². The average Bonchev–Trinajstić information content (AvgIpc) is 3.10. The highest BCUT2D eigenvalue weighted by atomic mass is 16.6. The molecule has 1 amide bonds. The van der Waals surface area contributed by atoms with Crippen LogP contribution in [0, 0.1) is 11.8 Å². The lowest BCUT2D eigenvalue weighted by Gasteiger charge is -2.38. The van der Waals surface area contributed by atoms with Gasteiger partial charge in [0.2, 0.25) is 0 Å². The summed E-state index contributed by atoms with van der Waals surface area (Å²) in [7, 11) is 0. The van der Waals surface area contributed by atoms with Crippen LogP contribution in [-0.2, 0) is 4.74 Å². The topological polar surface area (TPSA) is 41.6 Å². The fourth-order valence-electron chi connectivity index (χ4n) is 2.82. The lowest BCUT2D eigenvalue weighted by molar-refractivity contribution is 0.00926. The summed E-state index contributed by atoms with van der Waals surface area (Å²) in [4.78, 5) is 14.2. The van der Waals surface area contributed by atoms with Crippen LogP contribution in [0.1, 0.15) is 47.0 Å². The Balaban J connectivity index is 1.92. The predicted octanol–water partition coefficient (Wildman–Crippen LogP) is 2.63. The van der Waals surface area contributed by atoms with Gasteiger partial charge in [-0.3, -0.25) is 0 Å². The minimum Gasteiger partial charge on any atom is -0.444 e. The summed E-state index contributed by atoms with van der Waals surface area (Å²) in [5, 5.41) is 3.40. The molecule has 1 saturated carbocycles. The molecule has 2 rings (SSSR count). The maximum atomic E-state index is 12.3. The SMILES string of the molecule is CC(CC1CNCCN1C(=O)OC(C)(C)C)C1CC1. The van der Waals surface area contributed by atoms with Crippen molar-refractivity contribution in [3.63, 3.8) is 0 Å². The van der Waals surface area contributed by atoms with Crippen molar-refractivity contribution < 1.29 is 9.53 Å². The van der Waals surface area contributed by atoms with E-state index in [0.717, 1.165) is 37.9 Å². The minimum absolute atomic E-state index is 0.151. The lowest BCUT2D eigenvalue weighted by atomic mass is 9.95. The van der Waals surface area contributed by atoms with Gasteiger partial charge in [0.1, 0.15) is 5.60 Å². The highest BCUT2D eigenvalue weighted by Crippen LogP contribution is 2.39. The third-order valence-corrected chi connectivity index (χ3v) is 4.05. The van der Waals surface area contributed by atoms with E-state index in [9.17, 15) is 4.79 Å². The van der Waals surface area contributed by atoms with E-state index in [-0.39, 0.29) is 6.09 Å². The number of hydrogen-bond acceptors (Lipinski definition) is 3. The standard InChI is InChI=1S/C15H28N2O2/c1-11(12-5-6-12)9-13-10-16-7-8-17(13)14(18)19-15(2,3)4/h11-13,16H,5-10H2,1-4H3. The molecular weight excluding hydrogens is 240 g/mol. The number of nitrogens with zero attached hydrogens (tertiary/aromatic N) is 1.